The van der Waals surface area contributed by atoms with Crippen molar-refractivity contribution in [3.8, 4) is 0 Å². The molecule has 0 radical (unpaired) electrons. The second-order valence-electron chi connectivity index (χ2n) is 16.8. The Hall–Kier alpha value is -8.69. The highest BCUT2D eigenvalue weighted by molar-refractivity contribution is 7.87. The van der Waals surface area contributed by atoms with E-state index >= 15 is 0 Å². The number of anilines is 6. The molecule has 0 spiro atoms. The Labute approximate surface area is 430 Å². The zero-order chi connectivity index (χ0) is 55.6. The average Bonchev–Trinajstić information content (AvgIpc) is 4.09. The normalized spacial score (nSPS) is 12.1. The molecule has 0 atom stereocenters. The molecule has 4 aromatic carbocycles. The molecular weight excluding hydrogens is 1080 g/mol. The Morgan fingerprint density at radius 3 is 0.934 bits per heavy atom. The van der Waals surface area contributed by atoms with Crippen molar-refractivity contribution in [1.29, 1.82) is 0 Å². The lowest BCUT2D eigenvalue weighted by Gasteiger charge is -2.13. The highest BCUT2D eigenvalue weighted by atomic mass is 32.2. The molecule has 0 saturated carbocycles. The summed E-state index contributed by atoms with van der Waals surface area (Å²) in [5.41, 5.74) is -0.465. The third kappa shape index (κ3) is 10.9. The lowest BCUT2D eigenvalue weighted by atomic mass is 10.1. The molecule has 0 aliphatic rings. The van der Waals surface area contributed by atoms with Gasteiger partial charge in [-0.25, -0.2) is 4.79 Å². The molecule has 0 saturated heterocycles. The van der Waals surface area contributed by atoms with Gasteiger partial charge in [0.25, 0.3) is 64.1 Å². The van der Waals surface area contributed by atoms with E-state index in [1.807, 2.05) is 0 Å². The number of hydrogen-bond donors (Lipinski definition) is 10. The van der Waals surface area contributed by atoms with Crippen LogP contribution in [0.4, 0.5) is 39.4 Å². The van der Waals surface area contributed by atoms with Gasteiger partial charge in [0.15, 0.2) is 0 Å². The van der Waals surface area contributed by atoms with Crippen molar-refractivity contribution >= 4 is 126 Å². The maximum atomic E-state index is 13.5. The molecule has 4 heterocycles. The molecule has 0 fully saturated rings. The summed E-state index contributed by atoms with van der Waals surface area (Å²) in [5, 5.41) is 14.0. The second-order valence-corrected chi connectivity index (χ2v) is 22.3. The molecule has 0 aliphatic carbocycles. The Balaban J connectivity index is 0.904. The van der Waals surface area contributed by atoms with Gasteiger partial charge in [-0.15, -0.1) is 0 Å². The van der Waals surface area contributed by atoms with Gasteiger partial charge in [0, 0.05) is 74.5 Å². The van der Waals surface area contributed by atoms with Crippen LogP contribution in [0.1, 0.15) is 41.4 Å². The van der Waals surface area contributed by atoms with E-state index in [0.29, 0.717) is 0 Å². The van der Waals surface area contributed by atoms with Crippen LogP contribution in [0, 0.1) is 0 Å². The third-order valence-electron chi connectivity index (χ3n) is 11.6. The van der Waals surface area contributed by atoms with Crippen molar-refractivity contribution in [2.24, 2.45) is 28.2 Å². The van der Waals surface area contributed by atoms with Crippen LogP contribution in [0.25, 0.3) is 21.5 Å². The van der Waals surface area contributed by atoms with Crippen LogP contribution in [0.3, 0.4) is 0 Å². The minimum atomic E-state index is -4.97. The largest absolute Gasteiger partial charge is 0.337 e. The van der Waals surface area contributed by atoms with Crippen molar-refractivity contribution in [1.82, 2.24) is 18.3 Å². The van der Waals surface area contributed by atoms with E-state index < -0.39 is 100 Å². The summed E-state index contributed by atoms with van der Waals surface area (Å²) in [6, 6.07) is 15.0. The van der Waals surface area contributed by atoms with Crippen LogP contribution in [0.2, 0.25) is 0 Å². The number of aryl methyl sites for hydroxylation is 4. The number of fused-ring (bicyclic) bond motifs is 2. The van der Waals surface area contributed by atoms with Gasteiger partial charge < -0.3 is 39.5 Å². The topological polar surface area (TPSA) is 395 Å². The number of carbonyl (C=O) groups excluding carboxylic acids is 5. The van der Waals surface area contributed by atoms with Crippen molar-refractivity contribution in [3.05, 3.63) is 132 Å². The predicted octanol–water partition coefficient (Wildman–Crippen LogP) is 4.99. The standard InChI is InChI=1S/C45H40N10O17S4/c1-52-19-23(41(56)46-29-11-13-31(73(61,62)63)27-7-5-9-33(39(27)29)75(67,68)69)15-35(52)48-43(58)25-17-37(54(3)21-25)50-45(60)51-38-18-26(22-55(38)4)44(59)49-36-16-24(20-53(36)2)42(57)47-30-12-14-32(74(64,65)66)28-8-6-10-34(40(28)30)76(70,71)72/h5-22H,1-4H3,(H,46,56)(H,47,57)(H,48,58)(H,49,59)(H2,50,51,60)(H,61,62,63)(H,64,65,66)(H,67,68,69)(H,70,71,72). The lowest BCUT2D eigenvalue weighted by Crippen LogP contribution is -2.22. The molecule has 396 valence electrons. The maximum Gasteiger partial charge on any atom is 0.325 e. The minimum absolute atomic E-state index is 0.0540. The van der Waals surface area contributed by atoms with Gasteiger partial charge >= 0.3 is 6.03 Å². The molecule has 8 aromatic rings. The molecule has 10 N–H and O–H groups in total. The fourth-order valence-corrected chi connectivity index (χ4v) is 10.9. The van der Waals surface area contributed by atoms with E-state index in [1.54, 1.807) is 0 Å². The number of hydrogen-bond acceptors (Lipinski definition) is 13. The fraction of sp³-hybridized carbons (Fsp3) is 0.0889. The van der Waals surface area contributed by atoms with E-state index in [-0.39, 0.29) is 67.7 Å². The number of nitrogens with one attached hydrogen (secondary N) is 6. The first-order chi connectivity index (χ1) is 35.4. The monoisotopic (exact) mass is 1120 g/mol. The van der Waals surface area contributed by atoms with Crippen LogP contribution in [0.15, 0.2) is 129 Å². The van der Waals surface area contributed by atoms with Gasteiger partial charge in [0.1, 0.15) is 42.9 Å². The van der Waals surface area contributed by atoms with E-state index in [0.717, 1.165) is 48.5 Å². The number of carbonyl (C=O) groups is 5. The van der Waals surface area contributed by atoms with Gasteiger partial charge in [0.05, 0.1) is 33.6 Å². The third-order valence-corrected chi connectivity index (χ3v) is 15.2. The molecule has 0 unspecified atom stereocenters. The first kappa shape index (κ1) is 53.6. The zero-order valence-corrected chi connectivity index (χ0v) is 42.7. The van der Waals surface area contributed by atoms with Crippen LogP contribution in [0.5, 0.6) is 0 Å². The first-order valence-electron chi connectivity index (χ1n) is 21.4. The van der Waals surface area contributed by atoms with E-state index in [9.17, 15) is 75.9 Å². The van der Waals surface area contributed by atoms with Crippen LogP contribution >= 0.6 is 0 Å². The molecular formula is C45H40N10O17S4. The smallest absolute Gasteiger partial charge is 0.325 e. The summed E-state index contributed by atoms with van der Waals surface area (Å²) in [6.45, 7) is 0. The summed E-state index contributed by atoms with van der Waals surface area (Å²) >= 11 is 0. The molecule has 4 aromatic heterocycles. The average molecular weight is 1120 g/mol. The number of aromatic nitrogens is 4. The summed E-state index contributed by atoms with van der Waals surface area (Å²) in [4.78, 5) is 64.1. The molecule has 31 heteroatoms. The SMILES string of the molecule is Cn1cc(C(=O)Nc2cc(C(=O)Nc3ccc(S(=O)(=O)O)c4cccc(S(=O)(=O)O)c34)cn2C)cc1NC(=O)Nc1cc(C(=O)Nc2cc(C(=O)Nc3ccc(S(=O)(=O)O)c4cccc(S(=O)(=O)O)c34)cn2C)cn1C. The van der Waals surface area contributed by atoms with Crippen molar-refractivity contribution < 1.29 is 75.9 Å². The molecule has 0 aliphatic heterocycles. The summed E-state index contributed by atoms with van der Waals surface area (Å²) < 4.78 is 142. The molecule has 76 heavy (non-hydrogen) atoms. The van der Waals surface area contributed by atoms with E-state index in [1.165, 1.54) is 108 Å². The summed E-state index contributed by atoms with van der Waals surface area (Å²) in [5.74, 6) is -2.54. The molecule has 6 amide bonds. The Bertz CT molecular complexity index is 4020. The minimum Gasteiger partial charge on any atom is -0.337 e. The van der Waals surface area contributed by atoms with Crippen molar-refractivity contribution in [3.63, 3.8) is 0 Å². The maximum absolute atomic E-state index is 13.5. The quantitative estimate of drug-likeness (QED) is 0.0641. The summed E-state index contributed by atoms with van der Waals surface area (Å²) in [7, 11) is -13.6. The van der Waals surface area contributed by atoms with Crippen molar-refractivity contribution in [2.45, 2.75) is 19.6 Å². The first-order valence-corrected chi connectivity index (χ1v) is 27.2. The number of amides is 6. The molecule has 27 nitrogen and oxygen atoms in total. The lowest BCUT2D eigenvalue weighted by molar-refractivity contribution is 0.101. The number of rotatable bonds is 14. The van der Waals surface area contributed by atoms with E-state index in [4.69, 9.17) is 0 Å². The Morgan fingerprint density at radius 1 is 0.368 bits per heavy atom. The highest BCUT2D eigenvalue weighted by Crippen LogP contribution is 2.37. The number of nitrogens with zero attached hydrogens (tertiary/aromatic N) is 4. The molecule has 0 bridgehead atoms. The zero-order valence-electron chi connectivity index (χ0n) is 39.4. The second kappa shape index (κ2) is 19.5. The number of urea groups is 1. The van der Waals surface area contributed by atoms with Crippen LogP contribution in [-0.4, -0.2) is 99.8 Å². The van der Waals surface area contributed by atoms with Gasteiger partial charge in [0.2, 0.25) is 0 Å². The fourth-order valence-electron chi connectivity index (χ4n) is 8.06. The van der Waals surface area contributed by atoms with E-state index in [2.05, 4.69) is 31.9 Å². The van der Waals surface area contributed by atoms with Gasteiger partial charge in [-0.2, -0.15) is 33.7 Å². The number of benzene rings is 4. The molecule has 8 rings (SSSR count). The highest BCUT2D eigenvalue weighted by Gasteiger charge is 2.27. The summed E-state index contributed by atoms with van der Waals surface area (Å²) in [6.07, 6.45) is 5.43. The van der Waals surface area contributed by atoms with Crippen LogP contribution < -0.4 is 31.9 Å². The Kier molecular flexibility index (Phi) is 13.8. The van der Waals surface area contributed by atoms with Crippen molar-refractivity contribution in [2.75, 3.05) is 31.9 Å². The van der Waals surface area contributed by atoms with Gasteiger partial charge in [-0.3, -0.25) is 48.0 Å². The van der Waals surface area contributed by atoms with Gasteiger partial charge in [-0.05, 0) is 60.7 Å². The Morgan fingerprint density at radius 2 is 0.645 bits per heavy atom. The predicted molar refractivity (Wildman–Crippen MR) is 273 cm³/mol. The van der Waals surface area contributed by atoms with Crippen LogP contribution in [-0.2, 0) is 68.7 Å². The van der Waals surface area contributed by atoms with Gasteiger partial charge in [-0.1, -0.05) is 24.3 Å².